The fourth-order valence-electron chi connectivity index (χ4n) is 2.27. The van der Waals surface area contributed by atoms with E-state index < -0.39 is 0 Å². The number of nitrogens with one attached hydrogen (secondary N) is 1. The SMILES string of the molecule is CNCc1cnc(Oc2cccc3ccccc23)nc1C. The van der Waals surface area contributed by atoms with Gasteiger partial charge in [0.25, 0.3) is 0 Å². The van der Waals surface area contributed by atoms with Gasteiger partial charge in [0.1, 0.15) is 5.75 Å². The summed E-state index contributed by atoms with van der Waals surface area (Å²) in [5, 5.41) is 5.29. The largest absolute Gasteiger partial charge is 0.424 e. The second-order valence-electron chi connectivity index (χ2n) is 4.87. The van der Waals surface area contributed by atoms with Crippen LogP contribution in [0.2, 0.25) is 0 Å². The fraction of sp³-hybridized carbons (Fsp3) is 0.176. The fourth-order valence-corrected chi connectivity index (χ4v) is 2.27. The van der Waals surface area contributed by atoms with E-state index in [1.165, 1.54) is 0 Å². The summed E-state index contributed by atoms with van der Waals surface area (Å²) in [4.78, 5) is 8.71. The highest BCUT2D eigenvalue weighted by Crippen LogP contribution is 2.28. The number of aryl methyl sites for hydroxylation is 1. The van der Waals surface area contributed by atoms with Crippen molar-refractivity contribution in [1.82, 2.24) is 15.3 Å². The van der Waals surface area contributed by atoms with Crippen molar-refractivity contribution in [2.45, 2.75) is 13.5 Å². The first-order valence-corrected chi connectivity index (χ1v) is 6.90. The van der Waals surface area contributed by atoms with Gasteiger partial charge in [-0.05, 0) is 25.4 Å². The van der Waals surface area contributed by atoms with Crippen molar-refractivity contribution in [2.75, 3.05) is 7.05 Å². The molecule has 0 saturated heterocycles. The van der Waals surface area contributed by atoms with Crippen molar-refractivity contribution in [3.63, 3.8) is 0 Å². The van der Waals surface area contributed by atoms with Crippen LogP contribution < -0.4 is 10.1 Å². The minimum atomic E-state index is 0.378. The highest BCUT2D eigenvalue weighted by atomic mass is 16.5. The molecule has 0 spiro atoms. The molecule has 0 unspecified atom stereocenters. The van der Waals surface area contributed by atoms with Crippen LogP contribution in [0.25, 0.3) is 10.8 Å². The maximum Gasteiger partial charge on any atom is 0.322 e. The Labute approximate surface area is 123 Å². The van der Waals surface area contributed by atoms with E-state index in [4.69, 9.17) is 4.74 Å². The average molecular weight is 279 g/mol. The third kappa shape index (κ3) is 2.85. The Kier molecular flexibility index (Phi) is 3.79. The van der Waals surface area contributed by atoms with Gasteiger partial charge in [-0.25, -0.2) is 4.98 Å². The molecule has 0 atom stereocenters. The van der Waals surface area contributed by atoms with Crippen molar-refractivity contribution in [1.29, 1.82) is 0 Å². The first-order chi connectivity index (χ1) is 10.3. The van der Waals surface area contributed by atoms with E-state index in [9.17, 15) is 0 Å². The minimum Gasteiger partial charge on any atom is -0.424 e. The maximum absolute atomic E-state index is 5.86. The Hall–Kier alpha value is -2.46. The summed E-state index contributed by atoms with van der Waals surface area (Å²) < 4.78 is 5.86. The molecular weight excluding hydrogens is 262 g/mol. The number of nitrogens with zero attached hydrogens (tertiary/aromatic N) is 2. The van der Waals surface area contributed by atoms with Crippen LogP contribution in [-0.4, -0.2) is 17.0 Å². The van der Waals surface area contributed by atoms with Crippen LogP contribution in [0.4, 0.5) is 0 Å². The molecule has 0 amide bonds. The Bertz CT molecular complexity index is 766. The van der Waals surface area contributed by atoms with Crippen LogP contribution in [0.3, 0.4) is 0 Å². The quantitative estimate of drug-likeness (QED) is 0.794. The number of hydrogen-bond acceptors (Lipinski definition) is 4. The number of aromatic nitrogens is 2. The summed E-state index contributed by atoms with van der Waals surface area (Å²) in [5.74, 6) is 0.772. The molecule has 21 heavy (non-hydrogen) atoms. The van der Waals surface area contributed by atoms with Crippen LogP contribution >= 0.6 is 0 Å². The lowest BCUT2D eigenvalue weighted by Gasteiger charge is -2.09. The first kappa shape index (κ1) is 13.5. The van der Waals surface area contributed by atoms with E-state index >= 15 is 0 Å². The van der Waals surface area contributed by atoms with Gasteiger partial charge in [0, 0.05) is 29.4 Å². The summed E-state index contributed by atoms with van der Waals surface area (Å²) >= 11 is 0. The summed E-state index contributed by atoms with van der Waals surface area (Å²) in [5.41, 5.74) is 2.00. The van der Waals surface area contributed by atoms with Gasteiger partial charge in [-0.2, -0.15) is 4.98 Å². The van der Waals surface area contributed by atoms with E-state index in [0.29, 0.717) is 6.01 Å². The molecule has 0 aliphatic rings. The van der Waals surface area contributed by atoms with Crippen molar-refractivity contribution >= 4 is 10.8 Å². The molecule has 0 saturated carbocycles. The van der Waals surface area contributed by atoms with E-state index in [1.54, 1.807) is 6.20 Å². The molecule has 0 aliphatic heterocycles. The van der Waals surface area contributed by atoms with Crippen LogP contribution in [0.1, 0.15) is 11.3 Å². The van der Waals surface area contributed by atoms with E-state index in [1.807, 2.05) is 44.3 Å². The maximum atomic E-state index is 5.86. The second-order valence-corrected chi connectivity index (χ2v) is 4.87. The number of fused-ring (bicyclic) bond motifs is 1. The van der Waals surface area contributed by atoms with Gasteiger partial charge in [-0.15, -0.1) is 0 Å². The number of benzene rings is 2. The Morgan fingerprint density at radius 1 is 1.10 bits per heavy atom. The molecule has 4 heteroatoms. The molecular formula is C17H17N3O. The molecule has 0 radical (unpaired) electrons. The molecule has 1 aromatic heterocycles. The van der Waals surface area contributed by atoms with Crippen LogP contribution in [-0.2, 0) is 6.54 Å². The molecule has 3 rings (SSSR count). The molecule has 3 aromatic rings. The third-order valence-electron chi connectivity index (χ3n) is 3.38. The summed E-state index contributed by atoms with van der Waals surface area (Å²) in [6, 6.07) is 14.4. The summed E-state index contributed by atoms with van der Waals surface area (Å²) in [7, 11) is 1.90. The van der Waals surface area contributed by atoms with E-state index in [-0.39, 0.29) is 0 Å². The van der Waals surface area contributed by atoms with Gasteiger partial charge in [0.15, 0.2) is 0 Å². The van der Waals surface area contributed by atoms with Crippen molar-refractivity contribution in [3.05, 3.63) is 59.9 Å². The van der Waals surface area contributed by atoms with Crippen molar-refractivity contribution in [2.24, 2.45) is 0 Å². The zero-order chi connectivity index (χ0) is 14.7. The molecule has 0 aliphatic carbocycles. The smallest absolute Gasteiger partial charge is 0.322 e. The molecule has 1 N–H and O–H groups in total. The minimum absolute atomic E-state index is 0.378. The first-order valence-electron chi connectivity index (χ1n) is 6.90. The lowest BCUT2D eigenvalue weighted by molar-refractivity contribution is 0.444. The number of hydrogen-bond donors (Lipinski definition) is 1. The van der Waals surface area contributed by atoms with E-state index in [0.717, 1.165) is 34.3 Å². The molecule has 0 bridgehead atoms. The number of ether oxygens (including phenoxy) is 1. The van der Waals surface area contributed by atoms with Crippen LogP contribution in [0.5, 0.6) is 11.8 Å². The van der Waals surface area contributed by atoms with Gasteiger partial charge < -0.3 is 10.1 Å². The molecule has 4 nitrogen and oxygen atoms in total. The van der Waals surface area contributed by atoms with Crippen molar-refractivity contribution < 1.29 is 4.74 Å². The zero-order valence-corrected chi connectivity index (χ0v) is 12.1. The molecule has 106 valence electrons. The predicted octanol–water partition coefficient (Wildman–Crippen LogP) is 3.45. The van der Waals surface area contributed by atoms with Crippen LogP contribution in [0.15, 0.2) is 48.7 Å². The summed E-state index contributed by atoms with van der Waals surface area (Å²) in [6.07, 6.45) is 1.80. The average Bonchev–Trinajstić information content (AvgIpc) is 2.51. The van der Waals surface area contributed by atoms with Gasteiger partial charge in [-0.1, -0.05) is 36.4 Å². The molecule has 1 heterocycles. The highest BCUT2D eigenvalue weighted by Gasteiger charge is 2.07. The lowest BCUT2D eigenvalue weighted by atomic mass is 10.1. The number of rotatable bonds is 4. The monoisotopic (exact) mass is 279 g/mol. The predicted molar refractivity (Wildman–Crippen MR) is 83.6 cm³/mol. The zero-order valence-electron chi connectivity index (χ0n) is 12.1. The summed E-state index contributed by atoms with van der Waals surface area (Å²) in [6.45, 7) is 2.71. The topological polar surface area (TPSA) is 47.0 Å². The van der Waals surface area contributed by atoms with Crippen molar-refractivity contribution in [3.8, 4) is 11.8 Å². The Balaban J connectivity index is 1.93. The van der Waals surface area contributed by atoms with Gasteiger partial charge in [-0.3, -0.25) is 0 Å². The molecule has 0 fully saturated rings. The highest BCUT2D eigenvalue weighted by molar-refractivity contribution is 5.88. The Morgan fingerprint density at radius 2 is 1.90 bits per heavy atom. The lowest BCUT2D eigenvalue weighted by Crippen LogP contribution is -2.08. The standard InChI is InChI=1S/C17H17N3O/c1-12-14(10-18-2)11-19-17(20-12)21-16-9-5-7-13-6-3-4-8-15(13)16/h3-9,11,18H,10H2,1-2H3. The molecule has 2 aromatic carbocycles. The van der Waals surface area contributed by atoms with Gasteiger partial charge in [0.2, 0.25) is 0 Å². The Morgan fingerprint density at radius 3 is 2.71 bits per heavy atom. The van der Waals surface area contributed by atoms with Gasteiger partial charge in [0.05, 0.1) is 0 Å². The van der Waals surface area contributed by atoms with E-state index in [2.05, 4.69) is 27.4 Å². The third-order valence-corrected chi connectivity index (χ3v) is 3.38. The van der Waals surface area contributed by atoms with Crippen LogP contribution in [0, 0.1) is 6.92 Å². The van der Waals surface area contributed by atoms with Gasteiger partial charge >= 0.3 is 6.01 Å². The second kappa shape index (κ2) is 5.89. The normalized spacial score (nSPS) is 10.8.